The minimum Gasteiger partial charge on any atom is -0.390 e. The molecule has 0 aromatic carbocycles. The number of nitrogens with zero attached hydrogens (tertiary/aromatic N) is 3. The van der Waals surface area contributed by atoms with Crippen LogP contribution >= 0.6 is 15.9 Å². The summed E-state index contributed by atoms with van der Waals surface area (Å²) < 4.78 is 1.34. The Morgan fingerprint density at radius 2 is 2.44 bits per heavy atom. The van der Waals surface area contributed by atoms with Gasteiger partial charge in [0, 0.05) is 6.54 Å². The molecule has 0 aliphatic heterocycles. The first-order valence-corrected chi connectivity index (χ1v) is 5.67. The van der Waals surface area contributed by atoms with Gasteiger partial charge in [0.1, 0.15) is 18.5 Å². The van der Waals surface area contributed by atoms with Crippen molar-refractivity contribution in [3.05, 3.63) is 33.6 Å². The van der Waals surface area contributed by atoms with E-state index < -0.39 is 16.9 Å². The maximum Gasteiger partial charge on any atom is 0.434 e. The number of hydrogen-bond acceptors (Lipinski definition) is 5. The van der Waals surface area contributed by atoms with E-state index in [1.165, 1.54) is 17.0 Å². The molecule has 9 heteroatoms. The van der Waals surface area contributed by atoms with Crippen molar-refractivity contribution in [3.8, 4) is 0 Å². The van der Waals surface area contributed by atoms with Crippen LogP contribution in [0.1, 0.15) is 0 Å². The van der Waals surface area contributed by atoms with Gasteiger partial charge >= 0.3 is 5.95 Å². The normalized spacial score (nSPS) is 11.9. The summed E-state index contributed by atoms with van der Waals surface area (Å²) in [5, 5.41) is 22.6. The van der Waals surface area contributed by atoms with Gasteiger partial charge in [0.05, 0.1) is 11.0 Å². The molecule has 0 radical (unpaired) electrons. The third-order valence-electron chi connectivity index (χ3n) is 2.01. The third kappa shape index (κ3) is 3.93. The van der Waals surface area contributed by atoms with Crippen LogP contribution in [0.2, 0.25) is 0 Å². The first-order valence-electron chi connectivity index (χ1n) is 4.88. The molecule has 8 nitrogen and oxygen atoms in total. The van der Waals surface area contributed by atoms with E-state index in [1.807, 2.05) is 0 Å². The summed E-state index contributed by atoms with van der Waals surface area (Å²) in [5.74, 6) is -0.806. The summed E-state index contributed by atoms with van der Waals surface area (Å²) in [6, 6.07) is 0. The molecule has 0 fully saturated rings. The standard InChI is InChI=1S/C9H11BrN4O4/c1-6(10)8(16)12-4-7(15)5-13-3-2-11-9(13)14(17)18/h2-3,7,15H,1,4-5H2,(H,12,16). The molecular formula is C9H11BrN4O4. The molecule has 1 rings (SSSR count). The van der Waals surface area contributed by atoms with Crippen LogP contribution in [0.25, 0.3) is 0 Å². The van der Waals surface area contributed by atoms with Crippen molar-refractivity contribution in [1.29, 1.82) is 0 Å². The summed E-state index contributed by atoms with van der Waals surface area (Å²) in [4.78, 5) is 24.6. The fourth-order valence-electron chi connectivity index (χ4n) is 1.21. The van der Waals surface area contributed by atoms with Crippen molar-refractivity contribution >= 4 is 27.8 Å². The lowest BCUT2D eigenvalue weighted by Gasteiger charge is -2.10. The minimum atomic E-state index is -0.964. The molecule has 1 unspecified atom stereocenters. The number of aliphatic hydroxyl groups is 1. The monoisotopic (exact) mass is 318 g/mol. The Morgan fingerprint density at radius 3 is 3.00 bits per heavy atom. The number of halogens is 1. The predicted octanol–water partition coefficient (Wildman–Crippen LogP) is 0.177. The predicted molar refractivity (Wildman–Crippen MR) is 66.0 cm³/mol. The lowest BCUT2D eigenvalue weighted by atomic mass is 10.3. The molecule has 0 bridgehead atoms. The van der Waals surface area contributed by atoms with Crippen molar-refractivity contribution in [3.63, 3.8) is 0 Å². The summed E-state index contributed by atoms with van der Waals surface area (Å²) in [6.07, 6.45) is 1.68. The zero-order valence-corrected chi connectivity index (χ0v) is 10.8. The van der Waals surface area contributed by atoms with Gasteiger partial charge in [0.15, 0.2) is 0 Å². The van der Waals surface area contributed by atoms with Gasteiger partial charge in [-0.1, -0.05) is 11.6 Å². The quantitative estimate of drug-likeness (QED) is 0.441. The number of carbonyl (C=O) groups is 1. The molecule has 0 saturated heterocycles. The number of imidazole rings is 1. The minimum absolute atomic E-state index is 0.0364. The summed E-state index contributed by atoms with van der Waals surface area (Å²) in [7, 11) is 0. The zero-order valence-electron chi connectivity index (χ0n) is 9.24. The largest absolute Gasteiger partial charge is 0.434 e. The Morgan fingerprint density at radius 1 is 1.78 bits per heavy atom. The number of aromatic nitrogens is 2. The van der Waals surface area contributed by atoms with Crippen molar-refractivity contribution in [2.24, 2.45) is 0 Å². The average molecular weight is 319 g/mol. The molecule has 1 aromatic heterocycles. The highest BCUT2D eigenvalue weighted by Crippen LogP contribution is 2.08. The smallest absolute Gasteiger partial charge is 0.390 e. The Kier molecular flexibility index (Phi) is 4.98. The molecule has 98 valence electrons. The number of aliphatic hydroxyl groups excluding tert-OH is 1. The lowest BCUT2D eigenvalue weighted by Crippen LogP contribution is -2.34. The lowest BCUT2D eigenvalue weighted by molar-refractivity contribution is -0.397. The van der Waals surface area contributed by atoms with Crippen molar-refractivity contribution in [2.75, 3.05) is 6.54 Å². The van der Waals surface area contributed by atoms with Crippen LogP contribution in [0.5, 0.6) is 0 Å². The molecule has 0 aliphatic carbocycles. The topological polar surface area (TPSA) is 110 Å². The molecule has 1 heterocycles. The van der Waals surface area contributed by atoms with E-state index in [2.05, 4.69) is 32.8 Å². The second kappa shape index (κ2) is 6.26. The highest BCUT2D eigenvalue weighted by molar-refractivity contribution is 9.12. The van der Waals surface area contributed by atoms with Crippen LogP contribution in [-0.4, -0.2) is 38.1 Å². The van der Waals surface area contributed by atoms with Crippen molar-refractivity contribution in [2.45, 2.75) is 12.6 Å². The Hall–Kier alpha value is -1.74. The maximum absolute atomic E-state index is 11.1. The van der Waals surface area contributed by atoms with Gasteiger partial charge < -0.3 is 20.5 Å². The van der Waals surface area contributed by atoms with Crippen LogP contribution in [0.4, 0.5) is 5.95 Å². The van der Waals surface area contributed by atoms with Crippen LogP contribution in [-0.2, 0) is 11.3 Å². The van der Waals surface area contributed by atoms with Gasteiger partial charge in [-0.2, -0.15) is 0 Å². The average Bonchev–Trinajstić information content (AvgIpc) is 2.73. The molecule has 1 aromatic rings. The molecule has 18 heavy (non-hydrogen) atoms. The highest BCUT2D eigenvalue weighted by Gasteiger charge is 2.17. The fraction of sp³-hybridized carbons (Fsp3) is 0.333. The molecule has 0 saturated carbocycles. The summed E-state index contributed by atoms with van der Waals surface area (Å²) in [6.45, 7) is 3.29. The maximum atomic E-state index is 11.1. The summed E-state index contributed by atoms with van der Waals surface area (Å²) in [5.41, 5.74) is 0. The second-order valence-electron chi connectivity index (χ2n) is 3.41. The van der Waals surface area contributed by atoms with E-state index in [0.29, 0.717) is 0 Å². The van der Waals surface area contributed by atoms with Gasteiger partial charge in [-0.3, -0.25) is 4.79 Å². The van der Waals surface area contributed by atoms with E-state index >= 15 is 0 Å². The number of nitro groups is 1. The number of carbonyl (C=O) groups excluding carboxylic acids is 1. The molecule has 1 atom stereocenters. The number of nitrogens with one attached hydrogen (secondary N) is 1. The zero-order chi connectivity index (χ0) is 13.7. The van der Waals surface area contributed by atoms with Crippen LogP contribution in [0.3, 0.4) is 0 Å². The highest BCUT2D eigenvalue weighted by atomic mass is 79.9. The number of amides is 1. The fourth-order valence-corrected chi connectivity index (χ4v) is 1.35. The van der Waals surface area contributed by atoms with Gasteiger partial charge in [-0.05, 0) is 20.9 Å². The van der Waals surface area contributed by atoms with E-state index in [0.717, 1.165) is 0 Å². The summed E-state index contributed by atoms with van der Waals surface area (Å²) >= 11 is 2.89. The third-order valence-corrected chi connectivity index (χ3v) is 2.37. The Labute approximate surface area is 111 Å². The molecule has 1 amide bonds. The van der Waals surface area contributed by atoms with Crippen molar-refractivity contribution in [1.82, 2.24) is 14.9 Å². The Balaban J connectivity index is 2.52. The Bertz CT molecular complexity index is 473. The molecule has 0 aliphatic rings. The molecule has 0 spiro atoms. The van der Waals surface area contributed by atoms with Gasteiger partial charge in [-0.15, -0.1) is 0 Å². The van der Waals surface area contributed by atoms with Gasteiger partial charge in [0.2, 0.25) is 0 Å². The van der Waals surface area contributed by atoms with Crippen LogP contribution in [0.15, 0.2) is 23.5 Å². The van der Waals surface area contributed by atoms with E-state index in [-0.39, 0.29) is 23.5 Å². The van der Waals surface area contributed by atoms with E-state index in [1.54, 1.807) is 0 Å². The molecule has 2 N–H and O–H groups in total. The van der Waals surface area contributed by atoms with Crippen LogP contribution in [0, 0.1) is 10.1 Å². The first kappa shape index (κ1) is 14.3. The van der Waals surface area contributed by atoms with Gasteiger partial charge in [-0.25, -0.2) is 4.57 Å². The van der Waals surface area contributed by atoms with E-state index in [4.69, 9.17) is 0 Å². The number of rotatable bonds is 6. The van der Waals surface area contributed by atoms with E-state index in [9.17, 15) is 20.0 Å². The van der Waals surface area contributed by atoms with Crippen molar-refractivity contribution < 1.29 is 14.8 Å². The SMILES string of the molecule is C=C(Br)C(=O)NCC(O)Cn1ccnc1[N+](=O)[O-]. The first-order chi connectivity index (χ1) is 8.41. The molecular weight excluding hydrogens is 308 g/mol. The van der Waals surface area contributed by atoms with Gasteiger partial charge in [0.25, 0.3) is 5.91 Å². The van der Waals surface area contributed by atoms with Crippen LogP contribution < -0.4 is 5.32 Å². The second-order valence-corrected chi connectivity index (χ2v) is 4.36. The number of hydrogen-bond donors (Lipinski definition) is 2.